The molecule has 62 valence electrons. The SMILES string of the molecule is [Li][CH2]CC(C)CCCC(C)C. The summed E-state index contributed by atoms with van der Waals surface area (Å²) in [5.74, 6) is 1.85. The van der Waals surface area contributed by atoms with Gasteiger partial charge in [0, 0.05) is 0 Å². The van der Waals surface area contributed by atoms with E-state index in [4.69, 9.17) is 0 Å². The summed E-state index contributed by atoms with van der Waals surface area (Å²) in [6, 6.07) is 0. The zero-order valence-corrected chi connectivity index (χ0v) is 8.69. The second kappa shape index (κ2) is 7.26. The van der Waals surface area contributed by atoms with Gasteiger partial charge in [0.05, 0.1) is 0 Å². The molecule has 0 aliphatic carbocycles. The first-order valence-electron chi connectivity index (χ1n) is 5.16. The van der Waals surface area contributed by atoms with Crippen LogP contribution in [0.5, 0.6) is 0 Å². The summed E-state index contributed by atoms with van der Waals surface area (Å²) in [6.07, 6.45) is 5.69. The molecule has 0 radical (unpaired) electrons. The van der Waals surface area contributed by atoms with Gasteiger partial charge in [-0.05, 0) is 0 Å². The molecule has 0 nitrogen and oxygen atoms in total. The van der Waals surface area contributed by atoms with Gasteiger partial charge in [-0.2, -0.15) is 0 Å². The molecule has 0 spiro atoms. The van der Waals surface area contributed by atoms with Gasteiger partial charge in [0.25, 0.3) is 0 Å². The van der Waals surface area contributed by atoms with Gasteiger partial charge in [-0.25, -0.2) is 0 Å². The van der Waals surface area contributed by atoms with Crippen molar-refractivity contribution in [3.63, 3.8) is 0 Å². The average molecular weight is 148 g/mol. The second-order valence-corrected chi connectivity index (χ2v) is 4.22. The molecule has 0 rings (SSSR count). The minimum atomic E-state index is 0.892. The maximum atomic E-state index is 2.38. The van der Waals surface area contributed by atoms with Crippen LogP contribution in [0, 0.1) is 11.8 Å². The van der Waals surface area contributed by atoms with Crippen LogP contribution >= 0.6 is 0 Å². The number of rotatable bonds is 6. The van der Waals surface area contributed by atoms with Gasteiger partial charge in [-0.1, -0.05) is 0 Å². The first-order valence-corrected chi connectivity index (χ1v) is 5.16. The van der Waals surface area contributed by atoms with Crippen molar-refractivity contribution < 1.29 is 0 Å². The molecular formula is C10H21Li. The van der Waals surface area contributed by atoms with E-state index in [9.17, 15) is 0 Å². The van der Waals surface area contributed by atoms with Crippen molar-refractivity contribution in [2.24, 2.45) is 11.8 Å². The molecule has 0 N–H and O–H groups in total. The topological polar surface area (TPSA) is 0 Å². The molecule has 0 aliphatic heterocycles. The van der Waals surface area contributed by atoms with Crippen molar-refractivity contribution >= 4 is 17.7 Å². The third kappa shape index (κ3) is 8.50. The van der Waals surface area contributed by atoms with E-state index in [1.807, 2.05) is 0 Å². The Hall–Kier alpha value is 0.597. The molecule has 1 atom stereocenters. The van der Waals surface area contributed by atoms with Crippen LogP contribution in [0.4, 0.5) is 0 Å². The van der Waals surface area contributed by atoms with Gasteiger partial charge in [0.15, 0.2) is 0 Å². The van der Waals surface area contributed by atoms with E-state index in [0.29, 0.717) is 0 Å². The molecule has 0 fully saturated rings. The summed E-state index contributed by atoms with van der Waals surface area (Å²) in [4.78, 5) is 0. The van der Waals surface area contributed by atoms with E-state index in [0.717, 1.165) is 11.8 Å². The van der Waals surface area contributed by atoms with Crippen molar-refractivity contribution in [2.45, 2.75) is 51.5 Å². The normalized spacial score (nSPS) is 14.0. The quantitative estimate of drug-likeness (QED) is 0.506. The maximum absolute atomic E-state index is 2.38. The van der Waals surface area contributed by atoms with Gasteiger partial charge in [-0.15, -0.1) is 0 Å². The summed E-state index contributed by atoms with van der Waals surface area (Å²) in [5.41, 5.74) is 0. The van der Waals surface area contributed by atoms with Crippen molar-refractivity contribution in [1.29, 1.82) is 0 Å². The fraction of sp³-hybridized carbons (Fsp3) is 1.00. The van der Waals surface area contributed by atoms with Crippen molar-refractivity contribution in [2.75, 3.05) is 0 Å². The molecule has 0 saturated heterocycles. The van der Waals surface area contributed by atoms with Gasteiger partial charge in [-0.3, -0.25) is 0 Å². The standard InChI is InChI=1S/C10H21.Li/c1-5-10(4)8-6-7-9(2)3;/h9-10H,1,5-8H2,2-4H3;. The van der Waals surface area contributed by atoms with Gasteiger partial charge in [0.2, 0.25) is 0 Å². The van der Waals surface area contributed by atoms with E-state index in [1.165, 1.54) is 30.8 Å². The first-order chi connectivity index (χ1) is 5.16. The Morgan fingerprint density at radius 3 is 2.09 bits per heavy atom. The molecule has 11 heavy (non-hydrogen) atoms. The Morgan fingerprint density at radius 1 is 1.00 bits per heavy atom. The molecule has 1 unspecified atom stereocenters. The molecule has 0 aromatic carbocycles. The Morgan fingerprint density at radius 2 is 1.64 bits per heavy atom. The monoisotopic (exact) mass is 148 g/mol. The zero-order valence-electron chi connectivity index (χ0n) is 8.69. The van der Waals surface area contributed by atoms with Crippen molar-refractivity contribution in [3.05, 3.63) is 0 Å². The van der Waals surface area contributed by atoms with Crippen LogP contribution in [-0.4, -0.2) is 17.7 Å². The fourth-order valence-electron chi connectivity index (χ4n) is 1.51. The summed E-state index contributed by atoms with van der Waals surface area (Å²) in [7, 11) is 0. The molecule has 0 heterocycles. The van der Waals surface area contributed by atoms with Crippen molar-refractivity contribution in [1.82, 2.24) is 0 Å². The number of hydrogen-bond donors (Lipinski definition) is 0. The van der Waals surface area contributed by atoms with Gasteiger partial charge >= 0.3 is 81.1 Å². The summed E-state index contributed by atoms with van der Waals surface area (Å²) < 4.78 is 0. The Labute approximate surface area is 81.3 Å². The Kier molecular flexibility index (Phi) is 7.65. The van der Waals surface area contributed by atoms with Gasteiger partial charge in [0.1, 0.15) is 0 Å². The summed E-state index contributed by atoms with van der Waals surface area (Å²) >= 11 is 2.28. The van der Waals surface area contributed by atoms with Crippen LogP contribution < -0.4 is 0 Å². The third-order valence-corrected chi connectivity index (χ3v) is 2.26. The van der Waals surface area contributed by atoms with Crippen LogP contribution in [0.2, 0.25) is 5.09 Å². The van der Waals surface area contributed by atoms with Crippen molar-refractivity contribution in [3.8, 4) is 0 Å². The molecule has 1 heteroatoms. The Bertz CT molecular complexity index is 78.9. The summed E-state index contributed by atoms with van der Waals surface area (Å²) in [5, 5.41) is 1.35. The molecular weight excluding hydrogens is 127 g/mol. The second-order valence-electron chi connectivity index (χ2n) is 4.22. The predicted molar refractivity (Wildman–Crippen MR) is 53.0 cm³/mol. The van der Waals surface area contributed by atoms with E-state index < -0.39 is 0 Å². The van der Waals surface area contributed by atoms with Crippen LogP contribution in [-0.2, 0) is 0 Å². The first kappa shape index (κ1) is 11.6. The zero-order chi connectivity index (χ0) is 8.69. The van der Waals surface area contributed by atoms with Crippen LogP contribution in [0.25, 0.3) is 0 Å². The van der Waals surface area contributed by atoms with Crippen LogP contribution in [0.3, 0.4) is 0 Å². The van der Waals surface area contributed by atoms with Crippen LogP contribution in [0.15, 0.2) is 0 Å². The van der Waals surface area contributed by atoms with E-state index in [1.54, 1.807) is 0 Å². The molecule has 0 bridgehead atoms. The average Bonchev–Trinajstić information content (AvgIpc) is 1.87. The Balaban J connectivity index is 3.10. The van der Waals surface area contributed by atoms with E-state index >= 15 is 0 Å². The van der Waals surface area contributed by atoms with Crippen LogP contribution in [0.1, 0.15) is 46.5 Å². The minimum absolute atomic E-state index is 0.892. The summed E-state index contributed by atoms with van der Waals surface area (Å²) in [6.45, 7) is 7.00. The van der Waals surface area contributed by atoms with E-state index in [2.05, 4.69) is 38.5 Å². The molecule has 0 saturated carbocycles. The van der Waals surface area contributed by atoms with Gasteiger partial charge < -0.3 is 0 Å². The fourth-order valence-corrected chi connectivity index (χ4v) is 1.51. The molecule has 0 aliphatic rings. The number of hydrogen-bond acceptors (Lipinski definition) is 0. The third-order valence-electron chi connectivity index (χ3n) is 2.26. The predicted octanol–water partition coefficient (Wildman–Crippen LogP) is 3.43. The molecule has 0 amide bonds. The van der Waals surface area contributed by atoms with E-state index in [-0.39, 0.29) is 0 Å². The molecule has 0 aromatic heterocycles. The molecule has 0 aromatic rings.